The molecule has 4 aliphatic rings. The highest BCUT2D eigenvalue weighted by atomic mass is 19.4. The van der Waals surface area contributed by atoms with Crippen LogP contribution in [0.3, 0.4) is 0 Å². The summed E-state index contributed by atoms with van der Waals surface area (Å²) in [6, 6.07) is 5.19. The lowest BCUT2D eigenvalue weighted by molar-refractivity contribution is -0.137. The van der Waals surface area contributed by atoms with Crippen molar-refractivity contribution in [1.82, 2.24) is 50.9 Å². The monoisotopic (exact) mass is 994 g/mol. The number of aromatic nitrogens is 3. The van der Waals surface area contributed by atoms with Crippen molar-refractivity contribution in [2.45, 2.75) is 120 Å². The standard InChI is InChI=1S/C49H66F3N11O8/c1-29(2)61(3)34-12-14-40(63-18-15-38(48(63)69)60-45-35-22-32(49(50,51)52)9-13-37(35)56-28-57-45)39(23-34)59-41(64)26-55-46(67)30-7-10-33(11-8-30)58-42(65)27-71-21-20-70-19-17-54-47(68)36-24-43(66)62(4)44(36)31-6-5-16-53-25-31/h5-6,9,13,16,22,25,28-30,33-34,36,38-40,44H,7-8,10-12,14-15,17-21,23-24,26-27H2,1-4H3,(H,54,68)(H,55,67)(H,58,65)(H,59,64)(H,56,57,60)/t30?,33?,34-,36+,38+,39-,40+,44-/m1/s1. The van der Waals surface area contributed by atoms with Crippen molar-refractivity contribution in [3.05, 3.63) is 60.2 Å². The number of hydrogen-bond acceptors (Lipinski definition) is 13. The van der Waals surface area contributed by atoms with Gasteiger partial charge in [0.2, 0.25) is 35.4 Å². The van der Waals surface area contributed by atoms with Gasteiger partial charge >= 0.3 is 6.18 Å². The van der Waals surface area contributed by atoms with E-state index in [9.17, 15) is 41.9 Å². The van der Waals surface area contributed by atoms with Gasteiger partial charge in [0, 0.05) is 68.4 Å². The number of ether oxygens (including phenoxy) is 2. The minimum atomic E-state index is -4.57. The first-order valence-electron chi connectivity index (χ1n) is 24.5. The SMILES string of the molecule is CC(C)N(C)[C@@H]1CC[C@H](N2CC[C@H](Nc3ncnc4ccc(C(F)(F)F)cc34)C2=O)[C@H](NC(=O)CNC(=O)C2CCC(NC(=O)COCCOCCNC(=O)[C@H]3CC(=O)N(C)[C@@H]3c3cccnc3)CC2)C1. The fraction of sp³-hybridized carbons (Fsp3) is 0.612. The molecule has 0 unspecified atom stereocenters. The molecule has 2 aliphatic heterocycles. The van der Waals surface area contributed by atoms with Crippen LogP contribution < -0.4 is 26.6 Å². The second-order valence-corrected chi connectivity index (χ2v) is 19.3. The van der Waals surface area contributed by atoms with Crippen LogP contribution in [0.2, 0.25) is 0 Å². The Balaban J connectivity index is 0.797. The molecule has 0 radical (unpaired) electrons. The third-order valence-electron chi connectivity index (χ3n) is 14.4. The fourth-order valence-corrected chi connectivity index (χ4v) is 10.3. The summed E-state index contributed by atoms with van der Waals surface area (Å²) in [5.41, 5.74) is 0.259. The van der Waals surface area contributed by atoms with Crippen molar-refractivity contribution < 1.29 is 51.4 Å². The minimum absolute atomic E-state index is 0.107. The van der Waals surface area contributed by atoms with E-state index < -0.39 is 29.7 Å². The summed E-state index contributed by atoms with van der Waals surface area (Å²) in [5.74, 6) is -2.22. The Labute approximate surface area is 411 Å². The van der Waals surface area contributed by atoms with E-state index in [1.165, 1.54) is 12.4 Å². The van der Waals surface area contributed by atoms with Gasteiger partial charge in [0.25, 0.3) is 0 Å². The topological polar surface area (TPSA) is 229 Å². The van der Waals surface area contributed by atoms with Crippen LogP contribution in [0, 0.1) is 11.8 Å². The van der Waals surface area contributed by atoms with E-state index in [1.54, 1.807) is 35.3 Å². The molecule has 2 saturated heterocycles. The lowest BCUT2D eigenvalue weighted by Gasteiger charge is -2.44. The molecule has 6 atom stereocenters. The van der Waals surface area contributed by atoms with Crippen molar-refractivity contribution in [2.24, 2.45) is 11.8 Å². The molecular weight excluding hydrogens is 928 g/mol. The molecule has 4 fully saturated rings. The van der Waals surface area contributed by atoms with Gasteiger partial charge in [-0.1, -0.05) is 6.07 Å². The quantitative estimate of drug-likeness (QED) is 0.103. The van der Waals surface area contributed by atoms with Crippen molar-refractivity contribution >= 4 is 52.2 Å². The predicted octanol–water partition coefficient (Wildman–Crippen LogP) is 2.96. The Hall–Kier alpha value is -6.00. The maximum atomic E-state index is 14.0. The van der Waals surface area contributed by atoms with Crippen LogP contribution in [0.4, 0.5) is 19.0 Å². The van der Waals surface area contributed by atoms with Crippen LogP contribution in [-0.4, -0.2) is 162 Å². The number of hydrogen-bond donors (Lipinski definition) is 5. The second-order valence-electron chi connectivity index (χ2n) is 19.3. The number of fused-ring (bicyclic) bond motifs is 1. The minimum Gasteiger partial charge on any atom is -0.377 e. The molecule has 22 heteroatoms. The zero-order valence-electron chi connectivity index (χ0n) is 40.7. The number of nitrogens with zero attached hydrogens (tertiary/aromatic N) is 6. The van der Waals surface area contributed by atoms with Gasteiger partial charge in [-0.2, -0.15) is 13.2 Å². The van der Waals surface area contributed by atoms with Crippen molar-refractivity contribution in [2.75, 3.05) is 65.5 Å². The highest BCUT2D eigenvalue weighted by Crippen LogP contribution is 2.37. The normalized spacial score (nSPS) is 24.9. The summed E-state index contributed by atoms with van der Waals surface area (Å²) in [4.78, 5) is 96.7. The Morgan fingerprint density at radius 2 is 1.68 bits per heavy atom. The van der Waals surface area contributed by atoms with Gasteiger partial charge in [-0.15, -0.1) is 0 Å². The molecule has 0 bridgehead atoms. The molecule has 2 saturated carbocycles. The number of alkyl halides is 3. The molecule has 6 amide bonds. The molecule has 0 spiro atoms. The average Bonchev–Trinajstić information content (AvgIpc) is 3.87. The Morgan fingerprint density at radius 1 is 0.901 bits per heavy atom. The lowest BCUT2D eigenvalue weighted by atomic mass is 9.84. The second kappa shape index (κ2) is 23.9. The summed E-state index contributed by atoms with van der Waals surface area (Å²) < 4.78 is 51.8. The first kappa shape index (κ1) is 52.8. The van der Waals surface area contributed by atoms with Gasteiger partial charge in [-0.3, -0.25) is 33.8 Å². The number of amides is 6. The van der Waals surface area contributed by atoms with Gasteiger partial charge in [-0.25, -0.2) is 9.97 Å². The zero-order valence-corrected chi connectivity index (χ0v) is 40.7. The molecule has 3 aromatic rings. The maximum Gasteiger partial charge on any atom is 0.416 e. The number of anilines is 1. The van der Waals surface area contributed by atoms with E-state index >= 15 is 0 Å². The lowest BCUT2D eigenvalue weighted by Crippen LogP contribution is -2.59. The number of pyridine rings is 1. The molecule has 4 heterocycles. The van der Waals surface area contributed by atoms with E-state index in [-0.39, 0.29) is 129 Å². The summed E-state index contributed by atoms with van der Waals surface area (Å²) in [6.45, 7) is 5.01. The van der Waals surface area contributed by atoms with E-state index in [4.69, 9.17) is 9.47 Å². The Kier molecular flexibility index (Phi) is 17.8. The fourth-order valence-electron chi connectivity index (χ4n) is 10.3. The van der Waals surface area contributed by atoms with Crippen LogP contribution in [0.5, 0.6) is 0 Å². The van der Waals surface area contributed by atoms with Crippen molar-refractivity contribution in [3.63, 3.8) is 0 Å². The van der Waals surface area contributed by atoms with Crippen LogP contribution in [0.25, 0.3) is 10.9 Å². The van der Waals surface area contributed by atoms with E-state index in [0.29, 0.717) is 57.0 Å². The number of nitrogens with one attached hydrogen (secondary N) is 5. The molecule has 2 aliphatic carbocycles. The van der Waals surface area contributed by atoms with E-state index in [0.717, 1.165) is 24.1 Å². The molecule has 71 heavy (non-hydrogen) atoms. The smallest absolute Gasteiger partial charge is 0.377 e. The summed E-state index contributed by atoms with van der Waals surface area (Å²) in [7, 11) is 3.72. The molecular formula is C49H66F3N11O8. The molecule has 5 N–H and O–H groups in total. The molecule has 7 rings (SSSR count). The Bertz CT molecular complexity index is 2360. The van der Waals surface area contributed by atoms with Crippen LogP contribution in [0.15, 0.2) is 49.1 Å². The maximum absolute atomic E-state index is 14.0. The first-order valence-corrected chi connectivity index (χ1v) is 24.5. The van der Waals surface area contributed by atoms with Crippen LogP contribution in [-0.2, 0) is 44.4 Å². The highest BCUT2D eigenvalue weighted by molar-refractivity contribution is 5.94. The number of benzene rings is 1. The van der Waals surface area contributed by atoms with E-state index in [2.05, 4.69) is 60.3 Å². The number of halogens is 3. The summed E-state index contributed by atoms with van der Waals surface area (Å²) >= 11 is 0. The number of carbonyl (C=O) groups excluding carboxylic acids is 6. The summed E-state index contributed by atoms with van der Waals surface area (Å²) in [6.07, 6.45) is 4.66. The molecule has 1 aromatic carbocycles. The third-order valence-corrected chi connectivity index (χ3v) is 14.4. The van der Waals surface area contributed by atoms with Gasteiger partial charge in [0.05, 0.1) is 61.5 Å². The van der Waals surface area contributed by atoms with E-state index in [1.807, 2.05) is 13.1 Å². The third kappa shape index (κ3) is 13.5. The highest BCUT2D eigenvalue weighted by Gasteiger charge is 2.45. The van der Waals surface area contributed by atoms with Crippen molar-refractivity contribution in [3.8, 4) is 0 Å². The average molecular weight is 994 g/mol. The molecule has 386 valence electrons. The predicted molar refractivity (Wildman–Crippen MR) is 254 cm³/mol. The van der Waals surface area contributed by atoms with Crippen molar-refractivity contribution in [1.29, 1.82) is 0 Å². The van der Waals surface area contributed by atoms with Gasteiger partial charge < -0.3 is 50.8 Å². The largest absolute Gasteiger partial charge is 0.416 e. The zero-order chi connectivity index (χ0) is 50.8. The number of likely N-dealkylation sites (tertiary alicyclic amines) is 2. The van der Waals surface area contributed by atoms with Gasteiger partial charge in [0.15, 0.2) is 0 Å². The Morgan fingerprint density at radius 3 is 2.41 bits per heavy atom. The number of carbonyl (C=O) groups is 6. The molecule has 19 nitrogen and oxygen atoms in total. The molecule has 2 aromatic heterocycles. The first-order chi connectivity index (χ1) is 34.0. The van der Waals surface area contributed by atoms with Gasteiger partial charge in [0.1, 0.15) is 24.8 Å². The van der Waals surface area contributed by atoms with Crippen LogP contribution >= 0.6 is 0 Å². The van der Waals surface area contributed by atoms with Gasteiger partial charge in [-0.05, 0) is 102 Å². The van der Waals surface area contributed by atoms with Crippen LogP contribution in [0.1, 0.15) is 88.8 Å². The number of rotatable bonds is 20. The summed E-state index contributed by atoms with van der Waals surface area (Å²) in [5, 5.41) is 15.0.